The van der Waals surface area contributed by atoms with Crippen molar-refractivity contribution in [1.82, 2.24) is 10.6 Å². The lowest BCUT2D eigenvalue weighted by molar-refractivity contribution is -0.128. The fourth-order valence-corrected chi connectivity index (χ4v) is 1.99. The summed E-state index contributed by atoms with van der Waals surface area (Å²) in [5.41, 5.74) is 0.819. The Morgan fingerprint density at radius 3 is 2.36 bits per heavy atom. The third-order valence-electron chi connectivity index (χ3n) is 3.40. The summed E-state index contributed by atoms with van der Waals surface area (Å²) in [6, 6.07) is 8.20. The third kappa shape index (κ3) is 8.28. The van der Waals surface area contributed by atoms with Gasteiger partial charge in [-0.3, -0.25) is 9.59 Å². The van der Waals surface area contributed by atoms with Crippen LogP contribution in [0.15, 0.2) is 30.3 Å². The molecule has 0 radical (unpaired) electrons. The van der Waals surface area contributed by atoms with Gasteiger partial charge in [0.15, 0.2) is 12.0 Å². The van der Waals surface area contributed by atoms with Gasteiger partial charge in [-0.25, -0.2) is 9.18 Å². The lowest BCUT2D eigenvalue weighted by Crippen LogP contribution is -2.47. The quantitative estimate of drug-likeness (QED) is 0.715. The van der Waals surface area contributed by atoms with Gasteiger partial charge in [-0.2, -0.15) is 0 Å². The molecule has 6 nitrogen and oxygen atoms in total. The number of Topliss-reactive ketones (excluding diaryl/α,β-unsaturated/α-hetero) is 1. The van der Waals surface area contributed by atoms with Gasteiger partial charge in [0.05, 0.1) is 6.54 Å². The van der Waals surface area contributed by atoms with E-state index in [1.807, 2.05) is 32.0 Å². The van der Waals surface area contributed by atoms with E-state index in [4.69, 9.17) is 4.74 Å². The van der Waals surface area contributed by atoms with Crippen LogP contribution in [-0.4, -0.2) is 36.5 Å². The van der Waals surface area contributed by atoms with E-state index in [2.05, 4.69) is 10.6 Å². The summed E-state index contributed by atoms with van der Waals surface area (Å²) in [6.45, 7) is 4.75. The second-order valence-corrected chi connectivity index (χ2v) is 6.21. The van der Waals surface area contributed by atoms with Crippen LogP contribution in [0.1, 0.15) is 32.8 Å². The van der Waals surface area contributed by atoms with Crippen molar-refractivity contribution in [2.75, 3.05) is 6.54 Å². The number of amides is 2. The minimum absolute atomic E-state index is 0.0506. The van der Waals surface area contributed by atoms with Gasteiger partial charge in [0, 0.05) is 0 Å². The van der Waals surface area contributed by atoms with Gasteiger partial charge in [-0.1, -0.05) is 44.2 Å². The molecule has 2 amide bonds. The molecule has 1 rings (SSSR count). The van der Waals surface area contributed by atoms with Gasteiger partial charge in [0.1, 0.15) is 12.6 Å². The zero-order valence-corrected chi connectivity index (χ0v) is 14.8. The monoisotopic (exact) mass is 352 g/mol. The summed E-state index contributed by atoms with van der Waals surface area (Å²) in [5, 5.41) is 4.67. The van der Waals surface area contributed by atoms with Gasteiger partial charge in [0.25, 0.3) is 0 Å². The number of rotatable bonds is 9. The number of carbonyl (C=O) groups excluding carboxylic acids is 3. The predicted molar refractivity (Wildman–Crippen MR) is 91.6 cm³/mol. The van der Waals surface area contributed by atoms with Crippen molar-refractivity contribution in [2.45, 2.75) is 46.0 Å². The molecule has 2 atom stereocenters. The zero-order valence-electron chi connectivity index (χ0n) is 14.8. The van der Waals surface area contributed by atoms with Crippen LogP contribution >= 0.6 is 0 Å². The van der Waals surface area contributed by atoms with E-state index >= 15 is 0 Å². The van der Waals surface area contributed by atoms with Gasteiger partial charge in [-0.15, -0.1) is 0 Å². The minimum atomic E-state index is -1.60. The molecular formula is C18H25FN2O4. The van der Waals surface area contributed by atoms with Gasteiger partial charge >= 0.3 is 6.09 Å². The molecule has 1 aromatic rings. The molecule has 0 aromatic heterocycles. The smallest absolute Gasteiger partial charge is 0.408 e. The van der Waals surface area contributed by atoms with Crippen LogP contribution in [0.2, 0.25) is 0 Å². The zero-order chi connectivity index (χ0) is 18.8. The molecule has 138 valence electrons. The molecule has 25 heavy (non-hydrogen) atoms. The number of ether oxygens (including phenoxy) is 1. The van der Waals surface area contributed by atoms with E-state index in [9.17, 15) is 18.8 Å². The minimum Gasteiger partial charge on any atom is -0.445 e. The molecule has 1 unspecified atom stereocenters. The summed E-state index contributed by atoms with van der Waals surface area (Å²) >= 11 is 0. The average molecular weight is 352 g/mol. The van der Waals surface area contributed by atoms with Crippen molar-refractivity contribution in [3.63, 3.8) is 0 Å². The Balaban J connectivity index is 2.31. The second-order valence-electron chi connectivity index (χ2n) is 6.21. The van der Waals surface area contributed by atoms with Crippen LogP contribution in [0.5, 0.6) is 0 Å². The fourth-order valence-electron chi connectivity index (χ4n) is 1.99. The van der Waals surface area contributed by atoms with Gasteiger partial charge in [0.2, 0.25) is 5.91 Å². The Morgan fingerprint density at radius 1 is 1.12 bits per heavy atom. The summed E-state index contributed by atoms with van der Waals surface area (Å²) in [5.74, 6) is -1.21. The van der Waals surface area contributed by atoms with Crippen molar-refractivity contribution >= 4 is 17.8 Å². The summed E-state index contributed by atoms with van der Waals surface area (Å²) in [6.07, 6.45) is -2.23. The largest absolute Gasteiger partial charge is 0.445 e. The van der Waals surface area contributed by atoms with Crippen LogP contribution in [0, 0.1) is 5.92 Å². The summed E-state index contributed by atoms with van der Waals surface area (Å²) in [4.78, 5) is 35.1. The highest BCUT2D eigenvalue weighted by Crippen LogP contribution is 2.08. The van der Waals surface area contributed by atoms with E-state index in [0.29, 0.717) is 0 Å². The molecule has 0 fully saturated rings. The van der Waals surface area contributed by atoms with Gasteiger partial charge in [-0.05, 0) is 24.8 Å². The lowest BCUT2D eigenvalue weighted by atomic mass is 10.0. The molecule has 0 saturated carbocycles. The molecule has 0 spiro atoms. The first kappa shape index (κ1) is 20.6. The maximum absolute atomic E-state index is 13.6. The van der Waals surface area contributed by atoms with E-state index in [1.54, 1.807) is 12.1 Å². The normalized spacial score (nSPS) is 13.0. The second kappa shape index (κ2) is 10.4. The molecule has 0 saturated heterocycles. The number of benzene rings is 1. The number of nitrogens with one attached hydrogen (secondary N) is 2. The Bertz CT molecular complexity index is 578. The number of ketones is 1. The molecule has 0 aliphatic carbocycles. The first-order chi connectivity index (χ1) is 11.8. The van der Waals surface area contributed by atoms with Gasteiger partial charge < -0.3 is 15.4 Å². The topological polar surface area (TPSA) is 84.5 Å². The van der Waals surface area contributed by atoms with E-state index in [-0.39, 0.29) is 18.9 Å². The van der Waals surface area contributed by atoms with Crippen molar-refractivity contribution in [1.29, 1.82) is 0 Å². The average Bonchev–Trinajstić information content (AvgIpc) is 2.57. The van der Waals surface area contributed by atoms with E-state index in [1.165, 1.54) is 6.92 Å². The molecule has 0 aliphatic heterocycles. The number of alkyl halides is 1. The molecule has 0 bridgehead atoms. The van der Waals surface area contributed by atoms with E-state index < -0.39 is 36.5 Å². The summed E-state index contributed by atoms with van der Waals surface area (Å²) < 4.78 is 18.6. The van der Waals surface area contributed by atoms with Crippen LogP contribution in [0.25, 0.3) is 0 Å². The first-order valence-electron chi connectivity index (χ1n) is 8.21. The highest BCUT2D eigenvalue weighted by molar-refractivity contribution is 5.91. The molecule has 0 aliphatic rings. The standard InChI is InChI=1S/C18H25FN2O4/c1-12(2)9-15(19)16(22)10-20-17(23)13(3)21-18(24)25-11-14-7-5-4-6-8-14/h4-8,12-13,15H,9-11H2,1-3H3,(H,20,23)(H,21,24)/t13-,15?/m0/s1. The summed E-state index contributed by atoms with van der Waals surface area (Å²) in [7, 11) is 0. The highest BCUT2D eigenvalue weighted by Gasteiger charge is 2.21. The first-order valence-corrected chi connectivity index (χ1v) is 8.21. The SMILES string of the molecule is CC(C)CC(F)C(=O)CNC(=O)[C@H](C)NC(=O)OCc1ccccc1. The number of hydrogen-bond acceptors (Lipinski definition) is 4. The van der Waals surface area contributed by atoms with Crippen LogP contribution in [0.3, 0.4) is 0 Å². The Kier molecular flexibility index (Phi) is 8.60. The number of carbonyl (C=O) groups is 3. The van der Waals surface area contributed by atoms with Crippen molar-refractivity contribution in [2.24, 2.45) is 5.92 Å². The fraction of sp³-hybridized carbons (Fsp3) is 0.500. The molecule has 0 heterocycles. The van der Waals surface area contributed by atoms with Crippen LogP contribution in [-0.2, 0) is 20.9 Å². The van der Waals surface area contributed by atoms with Crippen molar-refractivity contribution < 1.29 is 23.5 Å². The van der Waals surface area contributed by atoms with Crippen molar-refractivity contribution in [3.8, 4) is 0 Å². The highest BCUT2D eigenvalue weighted by atomic mass is 19.1. The Labute approximate surface area is 147 Å². The maximum atomic E-state index is 13.6. The molecule has 2 N–H and O–H groups in total. The number of halogens is 1. The maximum Gasteiger partial charge on any atom is 0.408 e. The predicted octanol–water partition coefficient (Wildman–Crippen LogP) is 2.37. The Morgan fingerprint density at radius 2 is 1.76 bits per heavy atom. The third-order valence-corrected chi connectivity index (χ3v) is 3.40. The number of hydrogen-bond donors (Lipinski definition) is 2. The molecular weight excluding hydrogens is 327 g/mol. The molecule has 1 aromatic carbocycles. The Hall–Kier alpha value is -2.44. The van der Waals surface area contributed by atoms with E-state index in [0.717, 1.165) is 5.56 Å². The number of alkyl carbamates (subject to hydrolysis) is 1. The molecule has 7 heteroatoms. The lowest BCUT2D eigenvalue weighted by Gasteiger charge is -2.15. The van der Waals surface area contributed by atoms with Crippen molar-refractivity contribution in [3.05, 3.63) is 35.9 Å². The van der Waals surface area contributed by atoms with Crippen LogP contribution < -0.4 is 10.6 Å². The van der Waals surface area contributed by atoms with Crippen LogP contribution in [0.4, 0.5) is 9.18 Å².